The minimum absolute atomic E-state index is 0.167. The van der Waals surface area contributed by atoms with Crippen LogP contribution < -0.4 is 10.1 Å². The van der Waals surface area contributed by atoms with E-state index in [4.69, 9.17) is 9.26 Å². The fourth-order valence-corrected chi connectivity index (χ4v) is 4.65. The molecule has 4 atom stereocenters. The molecule has 0 unspecified atom stereocenters. The van der Waals surface area contributed by atoms with Crippen LogP contribution in [0.15, 0.2) is 34.9 Å². The molecule has 2 aromatic rings. The molecule has 2 aliphatic rings. The number of aromatic nitrogens is 1. The van der Waals surface area contributed by atoms with E-state index < -0.39 is 0 Å². The molecule has 2 saturated carbocycles. The number of para-hydroxylation sites is 1. The molecule has 2 fully saturated rings. The van der Waals surface area contributed by atoms with Crippen LogP contribution in [0.1, 0.15) is 43.1 Å². The van der Waals surface area contributed by atoms with Gasteiger partial charge < -0.3 is 14.6 Å². The summed E-state index contributed by atoms with van der Waals surface area (Å²) >= 11 is 0. The van der Waals surface area contributed by atoms with Crippen LogP contribution in [0.25, 0.3) is 11.3 Å². The van der Waals surface area contributed by atoms with Crippen molar-refractivity contribution in [3.05, 3.63) is 36.0 Å². The molecule has 5 heteroatoms. The lowest BCUT2D eigenvalue weighted by molar-refractivity contribution is 0.0906. The Morgan fingerprint density at radius 1 is 1.32 bits per heavy atom. The second-order valence-corrected chi connectivity index (χ2v) is 7.38. The van der Waals surface area contributed by atoms with Crippen LogP contribution >= 0.6 is 0 Å². The maximum atomic E-state index is 12.6. The van der Waals surface area contributed by atoms with Gasteiger partial charge in [0.1, 0.15) is 5.75 Å². The lowest BCUT2D eigenvalue weighted by Crippen LogP contribution is -2.40. The van der Waals surface area contributed by atoms with Gasteiger partial charge in [0, 0.05) is 12.1 Å². The van der Waals surface area contributed by atoms with Gasteiger partial charge in [0.2, 0.25) is 0 Å². The number of ether oxygens (including phenoxy) is 1. The zero-order valence-corrected chi connectivity index (χ0v) is 14.7. The molecular formula is C20H24N2O3. The topological polar surface area (TPSA) is 64.4 Å². The molecule has 25 heavy (non-hydrogen) atoms. The number of nitrogens with zero attached hydrogens (tertiary/aromatic N) is 1. The van der Waals surface area contributed by atoms with Crippen molar-refractivity contribution in [2.24, 2.45) is 17.8 Å². The molecule has 2 aliphatic carbocycles. The van der Waals surface area contributed by atoms with E-state index in [1.807, 2.05) is 24.3 Å². The summed E-state index contributed by atoms with van der Waals surface area (Å²) in [6, 6.07) is 9.39. The van der Waals surface area contributed by atoms with E-state index in [9.17, 15) is 4.79 Å². The molecule has 132 valence electrons. The predicted molar refractivity (Wildman–Crippen MR) is 94.4 cm³/mol. The van der Waals surface area contributed by atoms with Crippen LogP contribution in [0.4, 0.5) is 0 Å². The number of rotatable bonds is 5. The second-order valence-electron chi connectivity index (χ2n) is 7.38. The average Bonchev–Trinajstić information content (AvgIpc) is 3.37. The normalized spacial score (nSPS) is 25.8. The number of hydrogen-bond donors (Lipinski definition) is 1. The number of carbonyl (C=O) groups is 1. The van der Waals surface area contributed by atoms with Gasteiger partial charge in [-0.2, -0.15) is 0 Å². The first kappa shape index (κ1) is 16.2. The van der Waals surface area contributed by atoms with Crippen LogP contribution in [0, 0.1) is 17.8 Å². The van der Waals surface area contributed by atoms with E-state index >= 15 is 0 Å². The molecule has 0 radical (unpaired) electrons. The zero-order chi connectivity index (χ0) is 17.4. The molecule has 5 nitrogen and oxygen atoms in total. The zero-order valence-electron chi connectivity index (χ0n) is 14.7. The van der Waals surface area contributed by atoms with Gasteiger partial charge in [0.25, 0.3) is 5.91 Å². The van der Waals surface area contributed by atoms with Crippen molar-refractivity contribution in [2.45, 2.75) is 38.6 Å². The summed E-state index contributed by atoms with van der Waals surface area (Å²) in [5, 5.41) is 7.08. The molecular weight excluding hydrogens is 316 g/mol. The fourth-order valence-electron chi connectivity index (χ4n) is 4.65. The molecule has 1 amide bonds. The van der Waals surface area contributed by atoms with Crippen molar-refractivity contribution < 1.29 is 14.1 Å². The molecule has 1 N–H and O–H groups in total. The Bertz CT molecular complexity index is 770. The molecule has 1 aromatic carbocycles. The van der Waals surface area contributed by atoms with Gasteiger partial charge in [0.05, 0.1) is 12.7 Å². The second kappa shape index (κ2) is 6.54. The lowest BCUT2D eigenvalue weighted by Gasteiger charge is -2.28. The van der Waals surface area contributed by atoms with E-state index in [0.717, 1.165) is 17.4 Å². The minimum Gasteiger partial charge on any atom is -0.496 e. The fraction of sp³-hybridized carbons (Fsp3) is 0.500. The molecule has 4 rings (SSSR count). The van der Waals surface area contributed by atoms with Crippen LogP contribution in [-0.2, 0) is 0 Å². The van der Waals surface area contributed by atoms with Crippen molar-refractivity contribution in [1.29, 1.82) is 0 Å². The highest BCUT2D eigenvalue weighted by Gasteiger charge is 2.42. The van der Waals surface area contributed by atoms with Gasteiger partial charge in [-0.3, -0.25) is 4.79 Å². The quantitative estimate of drug-likeness (QED) is 0.896. The SMILES string of the molecule is COc1ccccc1-c1cc(C(=O)N[C@H](C)[C@H]2C[C@@H]3CC[C@@H]2C3)no1. The number of hydrogen-bond acceptors (Lipinski definition) is 4. The van der Waals surface area contributed by atoms with Crippen molar-refractivity contribution >= 4 is 5.91 Å². The maximum absolute atomic E-state index is 12.6. The third kappa shape index (κ3) is 3.03. The van der Waals surface area contributed by atoms with E-state index in [0.29, 0.717) is 23.1 Å². The van der Waals surface area contributed by atoms with E-state index in [-0.39, 0.29) is 11.9 Å². The maximum Gasteiger partial charge on any atom is 0.273 e. The number of carbonyl (C=O) groups excluding carboxylic acids is 1. The van der Waals surface area contributed by atoms with Gasteiger partial charge in [-0.1, -0.05) is 23.7 Å². The lowest BCUT2D eigenvalue weighted by atomic mass is 9.84. The molecule has 0 aliphatic heterocycles. The predicted octanol–water partition coefficient (Wildman–Crippen LogP) is 3.90. The Kier molecular flexibility index (Phi) is 4.24. The summed E-state index contributed by atoms with van der Waals surface area (Å²) in [5.74, 6) is 3.32. The Hall–Kier alpha value is -2.30. The van der Waals surface area contributed by atoms with Crippen molar-refractivity contribution in [1.82, 2.24) is 10.5 Å². The Morgan fingerprint density at radius 3 is 2.88 bits per heavy atom. The summed E-state index contributed by atoms with van der Waals surface area (Å²) in [6.45, 7) is 2.12. The third-order valence-electron chi connectivity index (χ3n) is 5.91. The van der Waals surface area contributed by atoms with E-state index in [1.165, 1.54) is 25.7 Å². The summed E-state index contributed by atoms with van der Waals surface area (Å²) in [4.78, 5) is 12.6. The highest BCUT2D eigenvalue weighted by atomic mass is 16.5. The summed E-state index contributed by atoms with van der Waals surface area (Å²) < 4.78 is 10.7. The van der Waals surface area contributed by atoms with Gasteiger partial charge in [-0.05, 0) is 56.1 Å². The Labute approximate surface area is 147 Å². The van der Waals surface area contributed by atoms with Gasteiger partial charge in [0.15, 0.2) is 11.5 Å². The summed E-state index contributed by atoms with van der Waals surface area (Å²) in [5.41, 5.74) is 1.11. The molecule has 0 saturated heterocycles. The molecule has 1 heterocycles. The highest BCUT2D eigenvalue weighted by molar-refractivity contribution is 5.93. The summed E-state index contributed by atoms with van der Waals surface area (Å²) in [7, 11) is 1.61. The van der Waals surface area contributed by atoms with Gasteiger partial charge in [-0.25, -0.2) is 0 Å². The van der Waals surface area contributed by atoms with Crippen LogP contribution in [0.3, 0.4) is 0 Å². The molecule has 2 bridgehead atoms. The summed E-state index contributed by atoms with van der Waals surface area (Å²) in [6.07, 6.45) is 5.27. The first-order valence-electron chi connectivity index (χ1n) is 9.06. The van der Waals surface area contributed by atoms with Crippen LogP contribution in [-0.4, -0.2) is 24.2 Å². The standard InChI is InChI=1S/C20H24N2O3/c1-12(16-10-13-7-8-14(16)9-13)21-20(23)17-11-19(25-22-17)15-5-3-4-6-18(15)24-2/h3-6,11-14,16H,7-10H2,1-2H3,(H,21,23)/t12-,13-,14-,16-/m1/s1. The largest absolute Gasteiger partial charge is 0.496 e. The van der Waals surface area contributed by atoms with E-state index in [2.05, 4.69) is 17.4 Å². The van der Waals surface area contributed by atoms with Crippen LogP contribution in [0.5, 0.6) is 5.75 Å². The van der Waals surface area contributed by atoms with Crippen LogP contribution in [0.2, 0.25) is 0 Å². The average molecular weight is 340 g/mol. The number of nitrogens with one attached hydrogen (secondary N) is 1. The van der Waals surface area contributed by atoms with Gasteiger partial charge in [-0.15, -0.1) is 0 Å². The first-order valence-corrected chi connectivity index (χ1v) is 9.06. The number of methoxy groups -OCH3 is 1. The van der Waals surface area contributed by atoms with Crippen molar-refractivity contribution in [2.75, 3.05) is 7.11 Å². The number of amides is 1. The smallest absolute Gasteiger partial charge is 0.273 e. The van der Waals surface area contributed by atoms with Crippen molar-refractivity contribution in [3.63, 3.8) is 0 Å². The minimum atomic E-state index is -0.167. The first-order chi connectivity index (χ1) is 12.2. The number of benzene rings is 1. The molecule has 1 aromatic heterocycles. The third-order valence-corrected chi connectivity index (χ3v) is 5.91. The Morgan fingerprint density at radius 2 is 2.16 bits per heavy atom. The highest BCUT2D eigenvalue weighted by Crippen LogP contribution is 2.49. The van der Waals surface area contributed by atoms with E-state index in [1.54, 1.807) is 13.2 Å². The number of fused-ring (bicyclic) bond motifs is 2. The van der Waals surface area contributed by atoms with Gasteiger partial charge >= 0.3 is 0 Å². The monoisotopic (exact) mass is 340 g/mol. The van der Waals surface area contributed by atoms with Crippen molar-refractivity contribution in [3.8, 4) is 17.1 Å². The molecule has 0 spiro atoms. The Balaban J connectivity index is 1.45.